The third-order valence-electron chi connectivity index (χ3n) is 3.15. The number of carbonyl (C=O) groups excluding carboxylic acids is 1. The summed E-state index contributed by atoms with van der Waals surface area (Å²) in [6.45, 7) is 0.0765. The van der Waals surface area contributed by atoms with E-state index in [2.05, 4.69) is 0 Å². The SMILES string of the molecule is O=C(O)CCCCCCCCC(=O)OC(O)CCCCO. The lowest BCUT2D eigenvalue weighted by Crippen LogP contribution is -2.17. The van der Waals surface area contributed by atoms with Crippen molar-refractivity contribution in [2.75, 3.05) is 6.61 Å². The molecule has 1 unspecified atom stereocenters. The minimum absolute atomic E-state index is 0.0765. The van der Waals surface area contributed by atoms with Crippen LogP contribution in [0.25, 0.3) is 0 Å². The van der Waals surface area contributed by atoms with Gasteiger partial charge in [0.15, 0.2) is 0 Å². The molecule has 0 aliphatic heterocycles. The molecule has 3 N–H and O–H groups in total. The first-order chi connectivity index (χ1) is 10.1. The fraction of sp³-hybridized carbons (Fsp3) is 0.867. The molecule has 0 bridgehead atoms. The molecule has 0 aliphatic rings. The van der Waals surface area contributed by atoms with E-state index >= 15 is 0 Å². The Morgan fingerprint density at radius 3 is 2.00 bits per heavy atom. The molecule has 1 atom stereocenters. The summed E-state index contributed by atoms with van der Waals surface area (Å²) in [5.41, 5.74) is 0. The Bertz CT molecular complexity index is 279. The van der Waals surface area contributed by atoms with Crippen LogP contribution in [0, 0.1) is 0 Å². The molecule has 0 saturated heterocycles. The van der Waals surface area contributed by atoms with Crippen molar-refractivity contribution in [2.24, 2.45) is 0 Å². The maximum atomic E-state index is 11.4. The zero-order chi connectivity index (χ0) is 15.9. The number of unbranched alkanes of at least 4 members (excludes halogenated alkanes) is 6. The van der Waals surface area contributed by atoms with Gasteiger partial charge in [-0.1, -0.05) is 25.7 Å². The standard InChI is InChI=1S/C15H28O6/c16-12-8-7-11-15(20)21-14(19)10-6-4-2-1-3-5-9-13(17)18/h15-16,20H,1-12H2,(H,17,18). The van der Waals surface area contributed by atoms with E-state index < -0.39 is 18.2 Å². The number of carbonyl (C=O) groups is 2. The minimum Gasteiger partial charge on any atom is -0.481 e. The van der Waals surface area contributed by atoms with Gasteiger partial charge in [-0.05, 0) is 25.7 Å². The van der Waals surface area contributed by atoms with Crippen LogP contribution in [0.4, 0.5) is 0 Å². The van der Waals surface area contributed by atoms with Crippen molar-refractivity contribution in [3.8, 4) is 0 Å². The van der Waals surface area contributed by atoms with Gasteiger partial charge in [-0.2, -0.15) is 0 Å². The highest BCUT2D eigenvalue weighted by atomic mass is 16.6. The Kier molecular flexibility index (Phi) is 13.1. The van der Waals surface area contributed by atoms with Crippen molar-refractivity contribution >= 4 is 11.9 Å². The molecule has 0 spiro atoms. The number of ether oxygens (including phenoxy) is 1. The molecule has 0 amide bonds. The van der Waals surface area contributed by atoms with Gasteiger partial charge < -0.3 is 20.1 Å². The van der Waals surface area contributed by atoms with Crippen LogP contribution < -0.4 is 0 Å². The Morgan fingerprint density at radius 2 is 1.43 bits per heavy atom. The number of hydrogen-bond acceptors (Lipinski definition) is 5. The lowest BCUT2D eigenvalue weighted by atomic mass is 10.1. The number of rotatable bonds is 14. The zero-order valence-electron chi connectivity index (χ0n) is 12.6. The second-order valence-corrected chi connectivity index (χ2v) is 5.18. The van der Waals surface area contributed by atoms with Crippen LogP contribution >= 0.6 is 0 Å². The Hall–Kier alpha value is -1.14. The summed E-state index contributed by atoms with van der Waals surface area (Å²) in [5, 5.41) is 26.5. The van der Waals surface area contributed by atoms with Crippen molar-refractivity contribution in [1.29, 1.82) is 0 Å². The number of hydrogen-bond donors (Lipinski definition) is 3. The molecular formula is C15H28O6. The van der Waals surface area contributed by atoms with Crippen LogP contribution in [0.3, 0.4) is 0 Å². The van der Waals surface area contributed by atoms with Gasteiger partial charge in [0.2, 0.25) is 6.29 Å². The first kappa shape index (κ1) is 19.9. The lowest BCUT2D eigenvalue weighted by molar-refractivity contribution is -0.169. The van der Waals surface area contributed by atoms with E-state index in [0.29, 0.717) is 32.1 Å². The number of aliphatic carboxylic acids is 1. The fourth-order valence-corrected chi connectivity index (χ4v) is 1.95. The van der Waals surface area contributed by atoms with E-state index in [0.717, 1.165) is 32.1 Å². The molecule has 6 heteroatoms. The van der Waals surface area contributed by atoms with Crippen molar-refractivity contribution in [2.45, 2.75) is 76.9 Å². The van der Waals surface area contributed by atoms with E-state index in [1.165, 1.54) is 0 Å². The maximum absolute atomic E-state index is 11.4. The average Bonchev–Trinajstić information content (AvgIpc) is 2.41. The summed E-state index contributed by atoms with van der Waals surface area (Å²) >= 11 is 0. The predicted octanol–water partition coefficient (Wildman–Crippen LogP) is 2.22. The lowest BCUT2D eigenvalue weighted by Gasteiger charge is -2.11. The minimum atomic E-state index is -1.07. The van der Waals surface area contributed by atoms with Crippen LogP contribution in [-0.2, 0) is 14.3 Å². The summed E-state index contributed by atoms with van der Waals surface area (Å²) in [5.74, 6) is -1.15. The zero-order valence-corrected chi connectivity index (χ0v) is 12.6. The first-order valence-electron chi connectivity index (χ1n) is 7.76. The Morgan fingerprint density at radius 1 is 0.857 bits per heavy atom. The van der Waals surface area contributed by atoms with Gasteiger partial charge in [0.25, 0.3) is 0 Å². The van der Waals surface area contributed by atoms with Crippen LogP contribution in [0.1, 0.15) is 70.6 Å². The molecule has 124 valence electrons. The summed E-state index contributed by atoms with van der Waals surface area (Å²) in [4.78, 5) is 21.7. The largest absolute Gasteiger partial charge is 0.481 e. The monoisotopic (exact) mass is 304 g/mol. The van der Waals surface area contributed by atoms with Gasteiger partial charge >= 0.3 is 11.9 Å². The molecule has 0 aromatic heterocycles. The number of carboxylic acids is 1. The van der Waals surface area contributed by atoms with Crippen molar-refractivity contribution in [3.05, 3.63) is 0 Å². The molecule has 0 aliphatic carbocycles. The average molecular weight is 304 g/mol. The smallest absolute Gasteiger partial charge is 0.308 e. The number of aliphatic hydroxyl groups excluding tert-OH is 2. The summed E-state index contributed by atoms with van der Waals surface area (Å²) in [6.07, 6.45) is 6.22. The van der Waals surface area contributed by atoms with Crippen LogP contribution in [0.5, 0.6) is 0 Å². The van der Waals surface area contributed by atoms with E-state index in [1.807, 2.05) is 0 Å². The molecule has 0 heterocycles. The highest BCUT2D eigenvalue weighted by Crippen LogP contribution is 2.10. The van der Waals surface area contributed by atoms with Gasteiger partial charge in [-0.25, -0.2) is 0 Å². The van der Waals surface area contributed by atoms with Crippen LogP contribution in [-0.4, -0.2) is 40.2 Å². The van der Waals surface area contributed by atoms with Crippen molar-refractivity contribution in [3.63, 3.8) is 0 Å². The number of carboxylic acid groups (broad SMARTS) is 1. The predicted molar refractivity (Wildman–Crippen MR) is 77.6 cm³/mol. The highest BCUT2D eigenvalue weighted by molar-refractivity contribution is 5.69. The number of aliphatic hydroxyl groups is 2. The van der Waals surface area contributed by atoms with Crippen LogP contribution in [0.15, 0.2) is 0 Å². The molecule has 0 radical (unpaired) electrons. The topological polar surface area (TPSA) is 104 Å². The van der Waals surface area contributed by atoms with Crippen LogP contribution in [0.2, 0.25) is 0 Å². The summed E-state index contributed by atoms with van der Waals surface area (Å²) in [6, 6.07) is 0. The molecule has 0 aromatic rings. The summed E-state index contributed by atoms with van der Waals surface area (Å²) < 4.78 is 4.84. The van der Waals surface area contributed by atoms with E-state index in [-0.39, 0.29) is 13.0 Å². The molecule has 21 heavy (non-hydrogen) atoms. The van der Waals surface area contributed by atoms with Gasteiger partial charge in [-0.3, -0.25) is 9.59 Å². The third kappa shape index (κ3) is 15.1. The molecule has 0 rings (SSSR count). The third-order valence-corrected chi connectivity index (χ3v) is 3.15. The molecule has 0 fully saturated rings. The molecule has 6 nitrogen and oxygen atoms in total. The van der Waals surface area contributed by atoms with Gasteiger partial charge in [0, 0.05) is 25.9 Å². The highest BCUT2D eigenvalue weighted by Gasteiger charge is 2.10. The quantitative estimate of drug-likeness (QED) is 0.258. The Balaban J connectivity index is 3.35. The second-order valence-electron chi connectivity index (χ2n) is 5.18. The van der Waals surface area contributed by atoms with E-state index in [9.17, 15) is 14.7 Å². The Labute approximate surface area is 126 Å². The molecular weight excluding hydrogens is 276 g/mol. The van der Waals surface area contributed by atoms with E-state index in [4.69, 9.17) is 14.9 Å². The second kappa shape index (κ2) is 13.8. The normalized spacial score (nSPS) is 12.1. The van der Waals surface area contributed by atoms with E-state index in [1.54, 1.807) is 0 Å². The maximum Gasteiger partial charge on any atom is 0.308 e. The number of esters is 1. The fourth-order valence-electron chi connectivity index (χ4n) is 1.95. The van der Waals surface area contributed by atoms with Crippen molar-refractivity contribution in [1.82, 2.24) is 0 Å². The van der Waals surface area contributed by atoms with Crippen molar-refractivity contribution < 1.29 is 29.6 Å². The van der Waals surface area contributed by atoms with Gasteiger partial charge in [0.05, 0.1) is 0 Å². The molecule has 0 saturated carbocycles. The molecule has 0 aromatic carbocycles. The van der Waals surface area contributed by atoms with Gasteiger partial charge in [0.1, 0.15) is 0 Å². The first-order valence-corrected chi connectivity index (χ1v) is 7.76. The summed E-state index contributed by atoms with van der Waals surface area (Å²) in [7, 11) is 0. The van der Waals surface area contributed by atoms with Gasteiger partial charge in [-0.15, -0.1) is 0 Å².